The van der Waals surface area contributed by atoms with Crippen molar-refractivity contribution in [3.05, 3.63) is 146 Å². The summed E-state index contributed by atoms with van der Waals surface area (Å²) in [5.41, 5.74) is 0. The fourth-order valence-corrected chi connectivity index (χ4v) is 11.3. The monoisotopic (exact) mass is 648 g/mol. The molecule has 0 bridgehead atoms. The van der Waals surface area contributed by atoms with Crippen molar-refractivity contribution in [3.63, 3.8) is 0 Å². The molecule has 0 nitrogen and oxygen atoms in total. The first kappa shape index (κ1) is 25.2. The first-order valence-corrected chi connectivity index (χ1v) is 18.4. The highest BCUT2D eigenvalue weighted by Crippen LogP contribution is 2.52. The molecule has 0 aliphatic rings. The van der Waals surface area contributed by atoms with Crippen LogP contribution in [0.25, 0.3) is 151 Å². The molecule has 0 unspecified atom stereocenters. The van der Waals surface area contributed by atoms with Crippen molar-refractivity contribution in [2.45, 2.75) is 0 Å². The number of fused-ring (bicyclic) bond motifs is 14. The summed E-state index contributed by atoms with van der Waals surface area (Å²) in [6.07, 6.45) is 0. The lowest BCUT2D eigenvalue weighted by molar-refractivity contribution is 1.85. The molecule has 0 saturated heterocycles. The molecule has 0 aliphatic carbocycles. The van der Waals surface area contributed by atoms with Crippen molar-refractivity contribution in [1.82, 2.24) is 0 Å². The van der Waals surface area contributed by atoms with Gasteiger partial charge in [-0.25, -0.2) is 0 Å². The van der Waals surface area contributed by atoms with Crippen LogP contribution in [0.4, 0.5) is 0 Å². The molecule has 0 heteroatoms. The highest BCUT2D eigenvalue weighted by molar-refractivity contribution is 6.47. The van der Waals surface area contributed by atoms with Gasteiger partial charge in [-0.15, -0.1) is 0 Å². The van der Waals surface area contributed by atoms with E-state index in [1.54, 1.807) is 0 Å². The molecular formula is C52H24. The van der Waals surface area contributed by atoms with Gasteiger partial charge in [0.2, 0.25) is 0 Å². The molecular weight excluding hydrogens is 625 g/mol. The molecule has 0 aromatic heterocycles. The number of rotatable bonds is 0. The van der Waals surface area contributed by atoms with Crippen LogP contribution in [0.15, 0.2) is 146 Å². The molecule has 0 N–H and O–H groups in total. The second-order valence-electron chi connectivity index (χ2n) is 15.4. The van der Waals surface area contributed by atoms with Gasteiger partial charge in [0.1, 0.15) is 0 Å². The first-order chi connectivity index (χ1) is 25.8. The minimum absolute atomic E-state index is 1.32. The standard InChI is InChI=1S/C52H24/c1-5-25-6-2-10-28-40-22-44-36-18-14-32-34-16-20-38-46-24-42-30-12-4-8-26-7-3-11-29(48(26)30)41(42)23-45(46)37-19-15-33(50(34)52(37)38)31-13-17-35(51(36)49(31)32)43(44)21-39(40)27(9-1)47(25)28/h1-24H. The molecule has 0 spiro atoms. The van der Waals surface area contributed by atoms with E-state index in [2.05, 4.69) is 146 Å². The van der Waals surface area contributed by atoms with Crippen molar-refractivity contribution in [2.24, 2.45) is 0 Å². The summed E-state index contributed by atoms with van der Waals surface area (Å²) in [5.74, 6) is 0. The second kappa shape index (κ2) is 8.07. The van der Waals surface area contributed by atoms with Gasteiger partial charge in [0.25, 0.3) is 0 Å². The molecule has 15 aromatic rings. The number of hydrogen-bond acceptors (Lipinski definition) is 0. The average molecular weight is 649 g/mol. The topological polar surface area (TPSA) is 0 Å². The Balaban J connectivity index is 1.09. The summed E-state index contributed by atoms with van der Waals surface area (Å²) in [5, 5.41) is 38.3. The maximum Gasteiger partial charge on any atom is -0.00139 e. The van der Waals surface area contributed by atoms with Crippen molar-refractivity contribution >= 4 is 151 Å². The molecule has 15 aromatic carbocycles. The maximum absolute atomic E-state index is 2.49. The van der Waals surface area contributed by atoms with Crippen LogP contribution in [0.5, 0.6) is 0 Å². The summed E-state index contributed by atoms with van der Waals surface area (Å²) in [7, 11) is 0. The fraction of sp³-hybridized carbons (Fsp3) is 0. The molecule has 0 amide bonds. The minimum atomic E-state index is 1.32. The van der Waals surface area contributed by atoms with E-state index in [1.165, 1.54) is 151 Å². The van der Waals surface area contributed by atoms with Gasteiger partial charge in [-0.05, 0) is 175 Å². The Morgan fingerprint density at radius 3 is 0.577 bits per heavy atom. The van der Waals surface area contributed by atoms with Crippen molar-refractivity contribution in [2.75, 3.05) is 0 Å². The zero-order valence-corrected chi connectivity index (χ0v) is 27.9. The van der Waals surface area contributed by atoms with Crippen LogP contribution in [-0.2, 0) is 0 Å². The van der Waals surface area contributed by atoms with E-state index in [0.29, 0.717) is 0 Å². The van der Waals surface area contributed by atoms with Gasteiger partial charge < -0.3 is 0 Å². The molecule has 0 saturated carbocycles. The van der Waals surface area contributed by atoms with Gasteiger partial charge in [-0.2, -0.15) is 0 Å². The fourth-order valence-electron chi connectivity index (χ4n) is 11.3. The smallest absolute Gasteiger partial charge is 0.00139 e. The molecule has 0 aliphatic heterocycles. The van der Waals surface area contributed by atoms with E-state index in [9.17, 15) is 0 Å². The molecule has 0 atom stereocenters. The summed E-state index contributed by atoms with van der Waals surface area (Å²) in [6.45, 7) is 0. The molecule has 0 heterocycles. The minimum Gasteiger partial charge on any atom is -0.0610 e. The highest BCUT2D eigenvalue weighted by Gasteiger charge is 2.24. The normalized spacial score (nSPS) is 13.4. The predicted molar refractivity (Wildman–Crippen MR) is 227 cm³/mol. The summed E-state index contributed by atoms with van der Waals surface area (Å²) >= 11 is 0. The molecule has 0 fully saturated rings. The average Bonchev–Trinajstić information content (AvgIpc) is 3.90. The van der Waals surface area contributed by atoms with Crippen LogP contribution >= 0.6 is 0 Å². The van der Waals surface area contributed by atoms with E-state index in [0.717, 1.165) is 0 Å². The second-order valence-corrected chi connectivity index (χ2v) is 15.4. The highest BCUT2D eigenvalue weighted by atomic mass is 14.3. The Morgan fingerprint density at radius 2 is 0.346 bits per heavy atom. The summed E-state index contributed by atoms with van der Waals surface area (Å²) < 4.78 is 0. The largest absolute Gasteiger partial charge is 0.0610 e. The Bertz CT molecular complexity index is 3560. The molecule has 232 valence electrons. The van der Waals surface area contributed by atoms with Crippen LogP contribution in [0, 0.1) is 0 Å². The van der Waals surface area contributed by atoms with Gasteiger partial charge in [0.05, 0.1) is 0 Å². The lowest BCUT2D eigenvalue weighted by atomic mass is 9.88. The number of benzene rings is 11. The van der Waals surface area contributed by atoms with E-state index in [-0.39, 0.29) is 0 Å². The van der Waals surface area contributed by atoms with Crippen LogP contribution < -0.4 is 0 Å². The Kier molecular flexibility index (Phi) is 3.92. The van der Waals surface area contributed by atoms with Crippen LogP contribution in [0.1, 0.15) is 0 Å². The van der Waals surface area contributed by atoms with E-state index < -0.39 is 0 Å². The van der Waals surface area contributed by atoms with Crippen molar-refractivity contribution in [3.8, 4) is 0 Å². The molecule has 52 heavy (non-hydrogen) atoms. The van der Waals surface area contributed by atoms with Crippen LogP contribution in [0.2, 0.25) is 0 Å². The van der Waals surface area contributed by atoms with Crippen molar-refractivity contribution in [1.29, 1.82) is 0 Å². The van der Waals surface area contributed by atoms with Gasteiger partial charge in [0, 0.05) is 0 Å². The zero-order valence-electron chi connectivity index (χ0n) is 27.9. The summed E-state index contributed by atoms with van der Waals surface area (Å²) in [6, 6.07) is 56.3. The van der Waals surface area contributed by atoms with Crippen molar-refractivity contribution < 1.29 is 0 Å². The van der Waals surface area contributed by atoms with Gasteiger partial charge in [-0.1, -0.05) is 121 Å². The number of hydrogen-bond donors (Lipinski definition) is 0. The Morgan fingerprint density at radius 1 is 0.154 bits per heavy atom. The molecule has 0 radical (unpaired) electrons. The Labute approximate surface area is 295 Å². The third-order valence-electron chi connectivity index (χ3n) is 13.3. The van der Waals surface area contributed by atoms with Gasteiger partial charge in [-0.3, -0.25) is 0 Å². The lowest BCUT2D eigenvalue weighted by Crippen LogP contribution is -1.87. The first-order valence-electron chi connectivity index (χ1n) is 18.4. The van der Waals surface area contributed by atoms with Crippen LogP contribution in [0.3, 0.4) is 0 Å². The third kappa shape index (κ3) is 2.57. The van der Waals surface area contributed by atoms with E-state index >= 15 is 0 Å². The van der Waals surface area contributed by atoms with Crippen LogP contribution in [-0.4, -0.2) is 0 Å². The maximum atomic E-state index is 2.49. The third-order valence-corrected chi connectivity index (χ3v) is 13.3. The lowest BCUT2D eigenvalue weighted by Gasteiger charge is -2.15. The molecule has 15 rings (SSSR count). The zero-order chi connectivity index (χ0) is 33.1. The van der Waals surface area contributed by atoms with Gasteiger partial charge in [0.15, 0.2) is 0 Å². The van der Waals surface area contributed by atoms with E-state index in [4.69, 9.17) is 0 Å². The van der Waals surface area contributed by atoms with E-state index in [1.807, 2.05) is 0 Å². The quantitative estimate of drug-likeness (QED) is 0.113. The predicted octanol–water partition coefficient (Wildman–Crippen LogP) is 15.0. The Hall–Kier alpha value is -6.76. The summed E-state index contributed by atoms with van der Waals surface area (Å²) in [4.78, 5) is 0. The van der Waals surface area contributed by atoms with Gasteiger partial charge >= 0.3 is 0 Å². The SMILES string of the molecule is c1cc2cccc3c4cc5c(cc4c(c1)c23)c1ccc2c3ccc4c6cc7c(cc6c6ccc(c8ccc5c1c28)c3c46)c1cccc2cccc7c21.